The minimum atomic E-state index is -0.0222. The number of hydrogen-bond acceptors (Lipinski definition) is 5. The Labute approximate surface area is 140 Å². The molecule has 1 aromatic heterocycles. The van der Waals surface area contributed by atoms with E-state index in [0.717, 1.165) is 17.5 Å². The van der Waals surface area contributed by atoms with Gasteiger partial charge in [0.05, 0.1) is 36.4 Å². The van der Waals surface area contributed by atoms with Crippen molar-refractivity contribution in [2.24, 2.45) is 0 Å². The molecule has 1 aliphatic heterocycles. The molecule has 7 heteroatoms. The number of ether oxygens (including phenoxy) is 3. The van der Waals surface area contributed by atoms with Crippen molar-refractivity contribution in [2.75, 3.05) is 34.0 Å². The third kappa shape index (κ3) is 3.22. The summed E-state index contributed by atoms with van der Waals surface area (Å²) in [5, 5.41) is 0. The van der Waals surface area contributed by atoms with Crippen LogP contribution in [0.3, 0.4) is 0 Å². The highest BCUT2D eigenvalue weighted by molar-refractivity contribution is 5.97. The number of nitrogens with one attached hydrogen (secondary N) is 1. The predicted octanol–water partition coefficient (Wildman–Crippen LogP) is 1.84. The van der Waals surface area contributed by atoms with Gasteiger partial charge in [-0.25, -0.2) is 0 Å². The van der Waals surface area contributed by atoms with Crippen LogP contribution in [0.25, 0.3) is 11.0 Å². The van der Waals surface area contributed by atoms with E-state index in [1.165, 1.54) is 0 Å². The standard InChI is InChI=1S/C17H23N3O4/c1-4-24-17-18-14-6-5-11(7-15(14)19-17)16(21)20-9-13(23-3)8-12(20)10-22-2/h5-7,12-13H,4,8-10H2,1-3H3,(H,18,19)/t12-,13+/m0/s1. The second-order valence-electron chi connectivity index (χ2n) is 5.87. The van der Waals surface area contributed by atoms with Gasteiger partial charge < -0.3 is 24.1 Å². The maximum absolute atomic E-state index is 12.9. The highest BCUT2D eigenvalue weighted by atomic mass is 16.5. The molecule has 0 spiro atoms. The number of nitrogens with zero attached hydrogens (tertiary/aromatic N) is 2. The summed E-state index contributed by atoms with van der Waals surface area (Å²) in [6.45, 7) is 3.52. The van der Waals surface area contributed by atoms with Crippen LogP contribution >= 0.6 is 0 Å². The Bertz CT molecular complexity index is 715. The summed E-state index contributed by atoms with van der Waals surface area (Å²) in [5.74, 6) is -0.0222. The second kappa shape index (κ2) is 7.19. The van der Waals surface area contributed by atoms with E-state index in [2.05, 4.69) is 9.97 Å². The number of rotatable bonds is 6. The molecule has 0 saturated carbocycles. The fourth-order valence-corrected chi connectivity index (χ4v) is 3.13. The molecule has 24 heavy (non-hydrogen) atoms. The molecule has 2 heterocycles. The third-order valence-electron chi connectivity index (χ3n) is 4.32. The average Bonchev–Trinajstić information content (AvgIpc) is 3.17. The van der Waals surface area contributed by atoms with Gasteiger partial charge in [0, 0.05) is 26.3 Å². The second-order valence-corrected chi connectivity index (χ2v) is 5.87. The van der Waals surface area contributed by atoms with Crippen molar-refractivity contribution in [2.45, 2.75) is 25.5 Å². The molecule has 0 radical (unpaired) electrons. The lowest BCUT2D eigenvalue weighted by Crippen LogP contribution is -2.38. The molecule has 1 aromatic carbocycles. The van der Waals surface area contributed by atoms with Crippen LogP contribution in [-0.2, 0) is 9.47 Å². The number of carbonyl (C=O) groups is 1. The number of hydrogen-bond donors (Lipinski definition) is 1. The molecular formula is C17H23N3O4. The molecule has 0 unspecified atom stereocenters. The van der Waals surface area contributed by atoms with Gasteiger partial charge in [0.15, 0.2) is 0 Å². The number of imidazole rings is 1. The van der Waals surface area contributed by atoms with Gasteiger partial charge in [-0.05, 0) is 31.5 Å². The lowest BCUT2D eigenvalue weighted by Gasteiger charge is -2.23. The van der Waals surface area contributed by atoms with E-state index in [0.29, 0.717) is 31.3 Å². The first-order valence-corrected chi connectivity index (χ1v) is 8.11. The first-order chi connectivity index (χ1) is 11.7. The van der Waals surface area contributed by atoms with E-state index in [1.54, 1.807) is 20.3 Å². The van der Waals surface area contributed by atoms with Gasteiger partial charge in [-0.15, -0.1) is 0 Å². The molecule has 130 valence electrons. The molecule has 1 fully saturated rings. The number of methoxy groups -OCH3 is 2. The van der Waals surface area contributed by atoms with E-state index < -0.39 is 0 Å². The Kier molecular flexibility index (Phi) is 5.01. The zero-order valence-electron chi connectivity index (χ0n) is 14.2. The number of H-pyrrole nitrogens is 1. The van der Waals surface area contributed by atoms with Gasteiger partial charge in [-0.2, -0.15) is 4.98 Å². The minimum absolute atomic E-state index is 0.0222. The van der Waals surface area contributed by atoms with E-state index in [4.69, 9.17) is 14.2 Å². The van der Waals surface area contributed by atoms with E-state index in [9.17, 15) is 4.79 Å². The zero-order chi connectivity index (χ0) is 17.1. The first-order valence-electron chi connectivity index (χ1n) is 8.11. The Balaban J connectivity index is 1.84. The molecule has 2 aromatic rings. The number of benzene rings is 1. The highest BCUT2D eigenvalue weighted by Gasteiger charge is 2.35. The number of fused-ring (bicyclic) bond motifs is 1. The summed E-state index contributed by atoms with van der Waals surface area (Å²) in [4.78, 5) is 22.2. The summed E-state index contributed by atoms with van der Waals surface area (Å²) in [7, 11) is 3.32. The fraction of sp³-hybridized carbons (Fsp3) is 0.529. The summed E-state index contributed by atoms with van der Waals surface area (Å²) >= 11 is 0. The van der Waals surface area contributed by atoms with Crippen LogP contribution in [0, 0.1) is 0 Å². The summed E-state index contributed by atoms with van der Waals surface area (Å²) in [6.07, 6.45) is 0.839. The number of likely N-dealkylation sites (tertiary alicyclic amines) is 1. The van der Waals surface area contributed by atoms with E-state index >= 15 is 0 Å². The van der Waals surface area contributed by atoms with Crippen molar-refractivity contribution in [3.63, 3.8) is 0 Å². The molecule has 0 bridgehead atoms. The monoisotopic (exact) mass is 333 g/mol. The maximum atomic E-state index is 12.9. The lowest BCUT2D eigenvalue weighted by atomic mass is 10.1. The minimum Gasteiger partial charge on any atom is -0.465 e. The van der Waals surface area contributed by atoms with Crippen LogP contribution in [0.2, 0.25) is 0 Å². The molecule has 2 atom stereocenters. The smallest absolute Gasteiger partial charge is 0.294 e. The van der Waals surface area contributed by atoms with Crippen LogP contribution in [-0.4, -0.2) is 66.9 Å². The lowest BCUT2D eigenvalue weighted by molar-refractivity contribution is 0.0612. The van der Waals surface area contributed by atoms with Crippen molar-refractivity contribution in [1.82, 2.24) is 14.9 Å². The van der Waals surface area contributed by atoms with E-state index in [1.807, 2.05) is 24.0 Å². The number of aromatic nitrogens is 2. The predicted molar refractivity (Wildman–Crippen MR) is 89.4 cm³/mol. The van der Waals surface area contributed by atoms with Gasteiger partial charge in [0.2, 0.25) is 0 Å². The summed E-state index contributed by atoms with van der Waals surface area (Å²) in [5.41, 5.74) is 2.18. The van der Waals surface area contributed by atoms with Crippen LogP contribution in [0.4, 0.5) is 0 Å². The molecule has 1 N–H and O–H groups in total. The average molecular weight is 333 g/mol. The maximum Gasteiger partial charge on any atom is 0.294 e. The number of carbonyl (C=O) groups excluding carboxylic acids is 1. The molecule has 3 rings (SSSR count). The van der Waals surface area contributed by atoms with Crippen molar-refractivity contribution < 1.29 is 19.0 Å². The first kappa shape index (κ1) is 16.7. The molecular weight excluding hydrogens is 310 g/mol. The molecule has 0 aliphatic carbocycles. The largest absolute Gasteiger partial charge is 0.465 e. The Morgan fingerprint density at radius 1 is 1.42 bits per heavy atom. The number of amides is 1. The Morgan fingerprint density at radius 2 is 2.25 bits per heavy atom. The van der Waals surface area contributed by atoms with Gasteiger partial charge in [-0.3, -0.25) is 4.79 Å². The van der Waals surface area contributed by atoms with Crippen molar-refractivity contribution >= 4 is 16.9 Å². The number of aromatic amines is 1. The van der Waals surface area contributed by atoms with E-state index in [-0.39, 0.29) is 18.1 Å². The molecule has 1 aliphatic rings. The van der Waals surface area contributed by atoms with Crippen molar-refractivity contribution in [3.8, 4) is 6.01 Å². The molecule has 1 amide bonds. The van der Waals surface area contributed by atoms with Crippen LogP contribution in [0.15, 0.2) is 18.2 Å². The highest BCUT2D eigenvalue weighted by Crippen LogP contribution is 2.24. The quantitative estimate of drug-likeness (QED) is 0.873. The summed E-state index contributed by atoms with van der Waals surface area (Å²) < 4.78 is 16.0. The Morgan fingerprint density at radius 3 is 2.96 bits per heavy atom. The van der Waals surface area contributed by atoms with Gasteiger partial charge in [0.1, 0.15) is 0 Å². The van der Waals surface area contributed by atoms with Crippen molar-refractivity contribution in [3.05, 3.63) is 23.8 Å². The zero-order valence-corrected chi connectivity index (χ0v) is 14.2. The van der Waals surface area contributed by atoms with Crippen molar-refractivity contribution in [1.29, 1.82) is 0 Å². The van der Waals surface area contributed by atoms with Gasteiger partial charge >= 0.3 is 0 Å². The molecule has 7 nitrogen and oxygen atoms in total. The SMILES string of the molecule is CCOc1nc2ccc(C(=O)N3C[C@H](OC)C[C@H]3COC)cc2[nH]1. The third-order valence-corrected chi connectivity index (χ3v) is 4.32. The Hall–Kier alpha value is -2.12. The van der Waals surface area contributed by atoms with Gasteiger partial charge in [0.25, 0.3) is 11.9 Å². The summed E-state index contributed by atoms with van der Waals surface area (Å²) in [6, 6.07) is 5.94. The molecule has 1 saturated heterocycles. The van der Waals surface area contributed by atoms with Crippen LogP contribution < -0.4 is 4.74 Å². The van der Waals surface area contributed by atoms with Gasteiger partial charge in [-0.1, -0.05) is 0 Å². The topological polar surface area (TPSA) is 76.7 Å². The fourth-order valence-electron chi connectivity index (χ4n) is 3.13. The van der Waals surface area contributed by atoms with Crippen LogP contribution in [0.1, 0.15) is 23.7 Å². The van der Waals surface area contributed by atoms with Crippen LogP contribution in [0.5, 0.6) is 6.01 Å². The normalized spacial score (nSPS) is 20.7.